The predicted octanol–water partition coefficient (Wildman–Crippen LogP) is 1.28. The molecule has 0 spiro atoms. The summed E-state index contributed by atoms with van der Waals surface area (Å²) < 4.78 is 0. The molecule has 92 valence electrons. The summed E-state index contributed by atoms with van der Waals surface area (Å²) in [6, 6.07) is 10.0. The number of halogens is 1. The second-order valence-corrected chi connectivity index (χ2v) is 3.91. The van der Waals surface area contributed by atoms with Gasteiger partial charge >= 0.3 is 31.1 Å². The van der Waals surface area contributed by atoms with Crippen LogP contribution in [-0.2, 0) is 0 Å². The molecule has 1 aromatic carbocycles. The first-order valence-electron chi connectivity index (χ1n) is 5.22. The Morgan fingerprint density at radius 3 is 2.61 bits per heavy atom. The van der Waals surface area contributed by atoms with Gasteiger partial charge in [-0.2, -0.15) is 30.3 Å². The van der Waals surface area contributed by atoms with Crippen LogP contribution in [0.5, 0.6) is 0 Å². The molecule has 0 fully saturated rings. The normalized spacial score (nSPS) is 19.3. The number of hydrogen-bond acceptors (Lipinski definition) is 4. The molecule has 2 heterocycles. The fourth-order valence-electron chi connectivity index (χ4n) is 1.46. The van der Waals surface area contributed by atoms with E-state index in [1.165, 1.54) is 0 Å². The van der Waals surface area contributed by atoms with Crippen molar-refractivity contribution < 1.29 is 31.1 Å². The average Bonchev–Trinajstić information content (AvgIpc) is 2.80. The maximum Gasteiger partial charge on any atom is 2.00 e. The zero-order valence-corrected chi connectivity index (χ0v) is 14.6. The molecule has 0 aliphatic carbocycles. The molecule has 0 radical (unpaired) electrons. The van der Waals surface area contributed by atoms with Gasteiger partial charge in [-0.15, -0.1) is 11.6 Å². The maximum absolute atomic E-state index is 5.52. The van der Waals surface area contributed by atoms with Crippen molar-refractivity contribution >= 4 is 17.9 Å². The molecule has 2 aliphatic heterocycles. The van der Waals surface area contributed by atoms with Crippen LogP contribution < -0.4 is 16.0 Å². The third-order valence-corrected chi connectivity index (χ3v) is 2.54. The zero-order valence-electron chi connectivity index (χ0n) is 9.70. The fraction of sp³-hybridized carbons (Fsp3) is 0.167. The molecular formula is C12H13ClN4U. The molecular weight excluding hydrogens is 474 g/mol. The van der Waals surface area contributed by atoms with Gasteiger partial charge in [-0.05, 0) is 6.04 Å². The summed E-state index contributed by atoms with van der Waals surface area (Å²) in [5, 5.41) is 10.0. The van der Waals surface area contributed by atoms with E-state index in [0.29, 0.717) is 0 Å². The van der Waals surface area contributed by atoms with Crippen LogP contribution in [0.1, 0.15) is 0 Å². The van der Waals surface area contributed by atoms with Crippen LogP contribution in [0.15, 0.2) is 40.8 Å². The Morgan fingerprint density at radius 2 is 2.06 bits per heavy atom. The molecule has 0 bridgehead atoms. The predicted molar refractivity (Wildman–Crippen MR) is 69.2 cm³/mol. The Labute approximate surface area is 136 Å². The van der Waals surface area contributed by atoms with Gasteiger partial charge in [0.25, 0.3) is 0 Å². The number of hydrogen-bond donors (Lipinski definition) is 3. The van der Waals surface area contributed by atoms with E-state index in [1.807, 2.05) is 0 Å². The third-order valence-electron chi connectivity index (χ3n) is 2.29. The average molecular weight is 487 g/mol. The van der Waals surface area contributed by atoms with Crippen molar-refractivity contribution in [2.24, 2.45) is 4.99 Å². The molecule has 6 heteroatoms. The Bertz CT molecular complexity index is 433. The van der Waals surface area contributed by atoms with E-state index in [4.69, 9.17) is 11.6 Å². The Balaban J connectivity index is 0.000000181. The van der Waals surface area contributed by atoms with Gasteiger partial charge in [-0.25, -0.2) is 0 Å². The molecule has 1 aromatic rings. The molecule has 0 saturated heterocycles. The molecule has 3 rings (SSSR count). The second-order valence-electron chi connectivity index (χ2n) is 3.48. The van der Waals surface area contributed by atoms with E-state index in [9.17, 15) is 0 Å². The van der Waals surface area contributed by atoms with Crippen molar-refractivity contribution in [1.82, 2.24) is 16.0 Å². The van der Waals surface area contributed by atoms with Crippen LogP contribution in [0.25, 0.3) is 0 Å². The zero-order chi connectivity index (χ0) is 12.1. The number of aliphatic imine (C=N–C) groups is 1. The fourth-order valence-corrected chi connectivity index (χ4v) is 1.58. The van der Waals surface area contributed by atoms with Crippen LogP contribution in [-0.4, -0.2) is 19.0 Å². The SMILES string of the molecule is Clc1cc[c-]cc1.[CH2-]C1N=CNC2=C1NCN2.[U+2]. The van der Waals surface area contributed by atoms with Crippen molar-refractivity contribution in [3.05, 3.63) is 53.8 Å². The van der Waals surface area contributed by atoms with E-state index in [0.717, 1.165) is 23.2 Å². The van der Waals surface area contributed by atoms with E-state index in [1.54, 1.807) is 30.6 Å². The van der Waals surface area contributed by atoms with Crippen LogP contribution in [0, 0.1) is 44.1 Å². The molecule has 4 nitrogen and oxygen atoms in total. The van der Waals surface area contributed by atoms with Gasteiger partial charge in [0.15, 0.2) is 0 Å². The van der Waals surface area contributed by atoms with Gasteiger partial charge < -0.3 is 22.9 Å². The minimum absolute atomic E-state index is 0. The maximum atomic E-state index is 5.52. The molecule has 0 aromatic heterocycles. The molecule has 1 unspecified atom stereocenters. The first-order valence-corrected chi connectivity index (χ1v) is 5.60. The summed E-state index contributed by atoms with van der Waals surface area (Å²) in [6.45, 7) is 4.61. The quantitative estimate of drug-likeness (QED) is 0.485. The molecule has 0 amide bonds. The van der Waals surface area contributed by atoms with E-state index >= 15 is 0 Å². The van der Waals surface area contributed by atoms with Crippen molar-refractivity contribution in [3.8, 4) is 0 Å². The van der Waals surface area contributed by atoms with Crippen molar-refractivity contribution in [2.75, 3.05) is 6.67 Å². The van der Waals surface area contributed by atoms with Crippen LogP contribution in [0.2, 0.25) is 5.02 Å². The molecule has 3 N–H and O–H groups in total. The molecule has 0 saturated carbocycles. The van der Waals surface area contributed by atoms with Crippen LogP contribution >= 0.6 is 11.6 Å². The van der Waals surface area contributed by atoms with Crippen LogP contribution in [0.3, 0.4) is 0 Å². The van der Waals surface area contributed by atoms with Crippen molar-refractivity contribution in [2.45, 2.75) is 6.04 Å². The molecule has 18 heavy (non-hydrogen) atoms. The topological polar surface area (TPSA) is 48.5 Å². The Hall–Kier alpha value is -0.628. The van der Waals surface area contributed by atoms with E-state index < -0.39 is 0 Å². The van der Waals surface area contributed by atoms with Crippen LogP contribution in [0.4, 0.5) is 0 Å². The summed E-state index contributed by atoms with van der Waals surface area (Å²) in [4.78, 5) is 4.06. The van der Waals surface area contributed by atoms with Gasteiger partial charge in [-0.3, -0.25) is 4.99 Å². The Kier molecular flexibility index (Phi) is 6.63. The third kappa shape index (κ3) is 4.24. The minimum atomic E-state index is 0. The summed E-state index contributed by atoms with van der Waals surface area (Å²) in [5.74, 6) is 1.01. The summed E-state index contributed by atoms with van der Waals surface area (Å²) in [5.41, 5.74) is 1.06. The second kappa shape index (κ2) is 7.73. The van der Waals surface area contributed by atoms with Gasteiger partial charge in [0.1, 0.15) is 5.82 Å². The van der Waals surface area contributed by atoms with Gasteiger partial charge in [0.05, 0.1) is 13.0 Å². The van der Waals surface area contributed by atoms with Crippen molar-refractivity contribution in [3.63, 3.8) is 0 Å². The van der Waals surface area contributed by atoms with Gasteiger partial charge in [-0.1, -0.05) is 5.02 Å². The van der Waals surface area contributed by atoms with Crippen molar-refractivity contribution in [1.29, 1.82) is 0 Å². The molecule has 1 atom stereocenters. The number of benzene rings is 1. The van der Waals surface area contributed by atoms with Gasteiger partial charge in [0.2, 0.25) is 0 Å². The smallest absolute Gasteiger partial charge is 0.369 e. The summed E-state index contributed by atoms with van der Waals surface area (Å²) in [6.07, 6.45) is 1.66. The number of nitrogens with zero attached hydrogens (tertiary/aromatic N) is 1. The standard InChI is InChI=1S/C6H4Cl.C6H9N4.U/c7-6-4-2-1-3-5-6;1-4-5-6(9-2-7-4)10-3-8-5;/h2-5H;2,4,8,10H,1,3H2,(H,7,9);/q2*-1;+2. The molecule has 2 aliphatic rings. The van der Waals surface area contributed by atoms with E-state index in [-0.39, 0.29) is 37.2 Å². The number of rotatable bonds is 0. The largest absolute Gasteiger partial charge is 2.00 e. The van der Waals surface area contributed by atoms with Gasteiger partial charge in [0, 0.05) is 5.70 Å². The Morgan fingerprint density at radius 1 is 1.33 bits per heavy atom. The summed E-state index contributed by atoms with van der Waals surface area (Å²) >= 11 is 5.52. The first-order chi connectivity index (χ1) is 8.27. The monoisotopic (exact) mass is 486 g/mol. The number of nitrogens with one attached hydrogen (secondary N) is 3. The van der Waals surface area contributed by atoms with E-state index in [2.05, 4.69) is 33.9 Å². The first kappa shape index (κ1) is 15.4. The minimum Gasteiger partial charge on any atom is -0.369 e. The summed E-state index contributed by atoms with van der Waals surface area (Å²) in [7, 11) is 0.